The average molecular weight is 576 g/mol. The van der Waals surface area contributed by atoms with Gasteiger partial charge in [0.1, 0.15) is 17.4 Å². The smallest absolute Gasteiger partial charge is 0.225 e. The van der Waals surface area contributed by atoms with Gasteiger partial charge in [-0.05, 0) is 78.4 Å². The Morgan fingerprint density at radius 2 is 1.98 bits per heavy atom. The molecule has 9 heteroatoms. The number of aromatic nitrogens is 5. The summed E-state index contributed by atoms with van der Waals surface area (Å²) in [5, 5.41) is 11.7. The van der Waals surface area contributed by atoms with Crippen LogP contribution in [0, 0.1) is 13.8 Å². The van der Waals surface area contributed by atoms with E-state index in [4.69, 9.17) is 4.74 Å². The van der Waals surface area contributed by atoms with Crippen LogP contribution in [0.1, 0.15) is 59.2 Å². The monoisotopic (exact) mass is 575 g/mol. The number of nitrogens with zero attached hydrogens (tertiary/aromatic N) is 6. The normalized spacial score (nSPS) is 15.9. The van der Waals surface area contributed by atoms with Crippen LogP contribution in [0.5, 0.6) is 5.75 Å². The van der Waals surface area contributed by atoms with E-state index in [0.717, 1.165) is 65.2 Å². The fraction of sp³-hybridized carbons (Fsp3) is 0.324. The number of pyridine rings is 2. The van der Waals surface area contributed by atoms with Gasteiger partial charge in [0.2, 0.25) is 5.91 Å². The van der Waals surface area contributed by atoms with Gasteiger partial charge < -0.3 is 10.1 Å². The summed E-state index contributed by atoms with van der Waals surface area (Å²) in [5.41, 5.74) is 9.08. The number of hydrogen-bond acceptors (Lipinski definition) is 7. The lowest BCUT2D eigenvalue weighted by atomic mass is 9.84. The van der Waals surface area contributed by atoms with Crippen LogP contribution < -0.4 is 10.1 Å². The summed E-state index contributed by atoms with van der Waals surface area (Å²) in [6.45, 7) is 8.67. The number of hydrogen-bond donors (Lipinski definition) is 1. The van der Waals surface area contributed by atoms with E-state index in [1.807, 2.05) is 43.6 Å². The van der Waals surface area contributed by atoms with Gasteiger partial charge in [0.15, 0.2) is 0 Å². The molecule has 43 heavy (non-hydrogen) atoms. The summed E-state index contributed by atoms with van der Waals surface area (Å²) in [6, 6.07) is 18.4. The van der Waals surface area contributed by atoms with E-state index < -0.39 is 0 Å². The first-order valence-electron chi connectivity index (χ1n) is 14.8. The number of nitrogens with one attached hydrogen (secondary N) is 1. The summed E-state index contributed by atoms with van der Waals surface area (Å²) < 4.78 is 8.08. The molecule has 2 atom stereocenters. The Labute approximate surface area is 251 Å². The molecule has 4 heterocycles. The van der Waals surface area contributed by atoms with Crippen molar-refractivity contribution in [1.82, 2.24) is 29.9 Å². The molecule has 1 aliphatic heterocycles. The minimum absolute atomic E-state index is 0.0723. The highest BCUT2D eigenvalue weighted by atomic mass is 16.5. The summed E-state index contributed by atoms with van der Waals surface area (Å²) in [5.74, 6) is 0.620. The van der Waals surface area contributed by atoms with Crippen LogP contribution in [0.2, 0.25) is 0 Å². The standard InChI is InChI=1S/C34H37N7O2/c1-5-27-20-41(21-30-32(43-27)9-7-15-36-30)19-25-16-24(11-10-22(25)2)29(17-33(42)37-26-8-6-14-35-18-26)28-12-13-31-34(23(28)3)38-39-40(31)4/h6-16,18,27,29H,5,17,19-21H2,1-4H3,(H,37,42). The molecule has 3 aromatic heterocycles. The number of benzene rings is 2. The van der Waals surface area contributed by atoms with E-state index in [9.17, 15) is 4.79 Å². The molecule has 5 aromatic rings. The van der Waals surface area contributed by atoms with Crippen molar-refractivity contribution in [1.29, 1.82) is 0 Å². The zero-order valence-corrected chi connectivity index (χ0v) is 25.1. The van der Waals surface area contributed by atoms with Crippen molar-refractivity contribution in [3.05, 3.63) is 107 Å². The highest BCUT2D eigenvalue weighted by Crippen LogP contribution is 2.35. The van der Waals surface area contributed by atoms with Gasteiger partial charge in [-0.25, -0.2) is 4.68 Å². The Balaban J connectivity index is 1.35. The predicted molar refractivity (Wildman–Crippen MR) is 167 cm³/mol. The number of fused-ring (bicyclic) bond motifs is 2. The number of amides is 1. The maximum atomic E-state index is 13.4. The van der Waals surface area contributed by atoms with Crippen molar-refractivity contribution < 1.29 is 9.53 Å². The second-order valence-electron chi connectivity index (χ2n) is 11.4. The quantitative estimate of drug-likeness (QED) is 0.253. The first kappa shape index (κ1) is 28.5. The summed E-state index contributed by atoms with van der Waals surface area (Å²) in [4.78, 5) is 24.6. The third kappa shape index (κ3) is 6.12. The Bertz CT molecular complexity index is 1750. The number of rotatable bonds is 8. The topological polar surface area (TPSA) is 98.1 Å². The molecule has 220 valence electrons. The molecule has 1 aliphatic rings. The van der Waals surface area contributed by atoms with E-state index >= 15 is 0 Å². The van der Waals surface area contributed by atoms with Gasteiger partial charge in [-0.15, -0.1) is 5.10 Å². The molecule has 0 spiro atoms. The molecule has 0 fully saturated rings. The van der Waals surface area contributed by atoms with Gasteiger partial charge in [-0.1, -0.05) is 36.4 Å². The molecule has 9 nitrogen and oxygen atoms in total. The molecule has 0 radical (unpaired) electrons. The fourth-order valence-electron chi connectivity index (χ4n) is 5.95. The van der Waals surface area contributed by atoms with E-state index in [1.54, 1.807) is 17.1 Å². The van der Waals surface area contributed by atoms with Crippen LogP contribution in [0.15, 0.2) is 73.2 Å². The van der Waals surface area contributed by atoms with Gasteiger partial charge in [0.25, 0.3) is 0 Å². The van der Waals surface area contributed by atoms with Crippen LogP contribution in [0.4, 0.5) is 5.69 Å². The fourth-order valence-corrected chi connectivity index (χ4v) is 5.95. The van der Waals surface area contributed by atoms with Gasteiger partial charge in [0, 0.05) is 51.4 Å². The lowest BCUT2D eigenvalue weighted by Gasteiger charge is -2.25. The minimum atomic E-state index is -0.180. The van der Waals surface area contributed by atoms with Crippen LogP contribution in [-0.4, -0.2) is 48.4 Å². The van der Waals surface area contributed by atoms with Gasteiger partial charge in [-0.2, -0.15) is 0 Å². The van der Waals surface area contributed by atoms with Crippen molar-refractivity contribution in [2.45, 2.75) is 58.7 Å². The summed E-state index contributed by atoms with van der Waals surface area (Å²) >= 11 is 0. The molecular formula is C34H37N7O2. The third-order valence-corrected chi connectivity index (χ3v) is 8.39. The highest BCUT2D eigenvalue weighted by molar-refractivity contribution is 5.91. The van der Waals surface area contributed by atoms with E-state index in [1.165, 1.54) is 11.1 Å². The molecule has 2 unspecified atom stereocenters. The molecule has 0 aliphatic carbocycles. The first-order chi connectivity index (χ1) is 20.9. The second kappa shape index (κ2) is 12.3. The lowest BCUT2D eigenvalue weighted by molar-refractivity contribution is -0.116. The Morgan fingerprint density at radius 3 is 2.79 bits per heavy atom. The average Bonchev–Trinajstić information content (AvgIpc) is 3.29. The van der Waals surface area contributed by atoms with Gasteiger partial charge in [-0.3, -0.25) is 19.7 Å². The number of carbonyl (C=O) groups is 1. The summed E-state index contributed by atoms with van der Waals surface area (Å²) in [6.07, 6.45) is 6.48. The Kier molecular flexibility index (Phi) is 8.16. The molecule has 0 saturated heterocycles. The third-order valence-electron chi connectivity index (χ3n) is 8.39. The van der Waals surface area contributed by atoms with Crippen molar-refractivity contribution in [3.63, 3.8) is 0 Å². The first-order valence-corrected chi connectivity index (χ1v) is 14.8. The zero-order chi connectivity index (χ0) is 29.9. The van der Waals surface area contributed by atoms with Crippen LogP contribution in [0.25, 0.3) is 11.0 Å². The second-order valence-corrected chi connectivity index (χ2v) is 11.4. The molecular weight excluding hydrogens is 538 g/mol. The number of ether oxygens (including phenoxy) is 1. The van der Waals surface area contributed by atoms with E-state index in [0.29, 0.717) is 5.69 Å². The summed E-state index contributed by atoms with van der Waals surface area (Å²) in [7, 11) is 1.89. The van der Waals surface area contributed by atoms with Crippen LogP contribution in [-0.2, 0) is 24.9 Å². The van der Waals surface area contributed by atoms with Crippen molar-refractivity contribution >= 4 is 22.6 Å². The Hall–Kier alpha value is -4.63. The molecule has 0 bridgehead atoms. The van der Waals surface area contributed by atoms with Gasteiger partial charge in [0.05, 0.1) is 23.1 Å². The number of aryl methyl sites for hydroxylation is 3. The van der Waals surface area contributed by atoms with Crippen molar-refractivity contribution in [3.8, 4) is 5.75 Å². The molecule has 6 rings (SSSR count). The van der Waals surface area contributed by atoms with E-state index in [2.05, 4.69) is 75.5 Å². The zero-order valence-electron chi connectivity index (χ0n) is 25.1. The van der Waals surface area contributed by atoms with Crippen molar-refractivity contribution in [2.24, 2.45) is 7.05 Å². The number of anilines is 1. The molecule has 2 aromatic carbocycles. The lowest BCUT2D eigenvalue weighted by Crippen LogP contribution is -2.32. The number of carbonyl (C=O) groups excluding carboxylic acids is 1. The maximum Gasteiger partial charge on any atom is 0.225 e. The SMILES string of the molecule is CCC1CN(Cc2cc(C(CC(=O)Nc3cccnc3)c3ccc4c(nnn4C)c3C)ccc2C)Cc2ncccc2O1. The molecule has 1 amide bonds. The minimum Gasteiger partial charge on any atom is -0.487 e. The highest BCUT2D eigenvalue weighted by Gasteiger charge is 2.26. The molecule has 0 saturated carbocycles. The largest absolute Gasteiger partial charge is 0.487 e. The molecule has 1 N–H and O–H groups in total. The van der Waals surface area contributed by atoms with Crippen molar-refractivity contribution in [2.75, 3.05) is 11.9 Å². The predicted octanol–water partition coefficient (Wildman–Crippen LogP) is 5.71. The van der Waals surface area contributed by atoms with Gasteiger partial charge >= 0.3 is 0 Å². The van der Waals surface area contributed by atoms with Crippen LogP contribution in [0.3, 0.4) is 0 Å². The van der Waals surface area contributed by atoms with Crippen LogP contribution >= 0.6 is 0 Å². The maximum absolute atomic E-state index is 13.4. The Morgan fingerprint density at radius 1 is 1.12 bits per heavy atom. The van der Waals surface area contributed by atoms with E-state index in [-0.39, 0.29) is 24.3 Å².